The van der Waals surface area contributed by atoms with Crippen LogP contribution in [-0.4, -0.2) is 46.2 Å². The minimum atomic E-state index is -4.34. The molecule has 12 heteroatoms. The number of hydrogen-bond donors (Lipinski definition) is 1. The van der Waals surface area contributed by atoms with Gasteiger partial charge in [-0.15, -0.1) is 0 Å². The molecular formula is C24H23Cl2F2N3O4S. The second-order valence-corrected chi connectivity index (χ2v) is 10.6. The summed E-state index contributed by atoms with van der Waals surface area (Å²) in [7, 11) is -2.69. The molecule has 2 aromatic carbocycles. The molecule has 0 aliphatic heterocycles. The van der Waals surface area contributed by atoms with Gasteiger partial charge in [0, 0.05) is 30.4 Å². The van der Waals surface area contributed by atoms with Crippen molar-refractivity contribution >= 4 is 45.0 Å². The van der Waals surface area contributed by atoms with E-state index in [0.29, 0.717) is 11.6 Å². The topological polar surface area (TPSA) is 88.6 Å². The van der Waals surface area contributed by atoms with Gasteiger partial charge in [0.05, 0.1) is 16.5 Å². The quantitative estimate of drug-likeness (QED) is 0.378. The molecule has 0 saturated heterocycles. The zero-order valence-electron chi connectivity index (χ0n) is 19.3. The molecule has 1 atom stereocenters. The molecule has 0 saturated carbocycles. The fourth-order valence-electron chi connectivity index (χ4n) is 3.42. The predicted octanol–water partition coefficient (Wildman–Crippen LogP) is 5.41. The molecule has 0 radical (unpaired) electrons. The van der Waals surface area contributed by atoms with Crippen LogP contribution in [0.3, 0.4) is 0 Å². The summed E-state index contributed by atoms with van der Waals surface area (Å²) in [5, 5.41) is 1.06. The molecule has 3 aromatic rings. The Kier molecular flexibility index (Phi) is 9.10. The van der Waals surface area contributed by atoms with Crippen LogP contribution in [0.25, 0.3) is 0 Å². The molecule has 1 aromatic heterocycles. The van der Waals surface area contributed by atoms with Gasteiger partial charge in [-0.05, 0) is 61.0 Å². The Morgan fingerprint density at radius 3 is 2.47 bits per heavy atom. The monoisotopic (exact) mass is 557 g/mol. The van der Waals surface area contributed by atoms with Crippen molar-refractivity contribution in [1.29, 1.82) is 0 Å². The Bertz CT molecular complexity index is 1340. The van der Waals surface area contributed by atoms with Crippen molar-refractivity contribution in [2.24, 2.45) is 0 Å². The Labute approximate surface area is 217 Å². The molecule has 1 amide bonds. The van der Waals surface area contributed by atoms with Crippen LogP contribution in [-0.2, 0) is 14.6 Å². The second-order valence-electron chi connectivity index (χ2n) is 7.70. The molecule has 1 N–H and O–H groups in total. The first-order valence-electron chi connectivity index (χ1n) is 10.8. The van der Waals surface area contributed by atoms with E-state index in [0.717, 1.165) is 18.2 Å². The highest BCUT2D eigenvalue weighted by molar-refractivity contribution is 7.92. The third-order valence-corrected chi connectivity index (χ3v) is 7.84. The highest BCUT2D eigenvalue weighted by Crippen LogP contribution is 2.40. The van der Waals surface area contributed by atoms with Crippen LogP contribution in [0.4, 0.5) is 19.4 Å². The van der Waals surface area contributed by atoms with Gasteiger partial charge < -0.3 is 15.0 Å². The number of nitrogens with zero attached hydrogens (tertiary/aromatic N) is 2. The van der Waals surface area contributed by atoms with Crippen molar-refractivity contribution in [3.63, 3.8) is 0 Å². The number of alkyl carbamates (subject to hydrolysis) is 1. The molecule has 7 nitrogen and oxygen atoms in total. The number of ether oxygens (including phenoxy) is 1. The molecule has 0 bridgehead atoms. The molecule has 0 fully saturated rings. The lowest BCUT2D eigenvalue weighted by Gasteiger charge is -2.23. The molecule has 1 unspecified atom stereocenters. The highest BCUT2D eigenvalue weighted by atomic mass is 35.5. The Morgan fingerprint density at radius 1 is 1.11 bits per heavy atom. The molecule has 36 heavy (non-hydrogen) atoms. The van der Waals surface area contributed by atoms with Crippen molar-refractivity contribution in [2.45, 2.75) is 17.1 Å². The lowest BCUT2D eigenvalue weighted by molar-refractivity contribution is 0.149. The first kappa shape index (κ1) is 27.6. The molecular weight excluding hydrogens is 535 g/mol. The zero-order valence-corrected chi connectivity index (χ0v) is 21.7. The van der Waals surface area contributed by atoms with E-state index in [1.54, 1.807) is 18.9 Å². The van der Waals surface area contributed by atoms with E-state index in [-0.39, 0.29) is 34.5 Å². The van der Waals surface area contributed by atoms with Crippen LogP contribution in [0, 0.1) is 11.6 Å². The molecule has 0 aliphatic carbocycles. The van der Waals surface area contributed by atoms with Crippen molar-refractivity contribution in [3.8, 4) is 0 Å². The number of pyridine rings is 1. The number of sulfone groups is 1. The maximum absolute atomic E-state index is 14.9. The van der Waals surface area contributed by atoms with Crippen molar-refractivity contribution in [1.82, 2.24) is 10.3 Å². The summed E-state index contributed by atoms with van der Waals surface area (Å²) in [4.78, 5) is 17.2. The van der Waals surface area contributed by atoms with E-state index in [4.69, 9.17) is 27.9 Å². The van der Waals surface area contributed by atoms with Crippen LogP contribution in [0.1, 0.15) is 23.3 Å². The van der Waals surface area contributed by atoms with Crippen LogP contribution < -0.4 is 10.2 Å². The minimum Gasteiger partial charge on any atom is -0.448 e. The first-order chi connectivity index (χ1) is 17.0. The molecule has 3 rings (SSSR count). The summed E-state index contributed by atoms with van der Waals surface area (Å²) < 4.78 is 61.7. The summed E-state index contributed by atoms with van der Waals surface area (Å²) >= 11 is 12.3. The molecule has 1 heterocycles. The third kappa shape index (κ3) is 6.43. The summed E-state index contributed by atoms with van der Waals surface area (Å²) in [6.07, 6.45) is 0.654. The van der Waals surface area contributed by atoms with E-state index < -0.39 is 38.4 Å². The predicted molar refractivity (Wildman–Crippen MR) is 134 cm³/mol. The van der Waals surface area contributed by atoms with Gasteiger partial charge in [0.15, 0.2) is 9.84 Å². The van der Waals surface area contributed by atoms with Crippen LogP contribution in [0.2, 0.25) is 10.0 Å². The number of hydrogen-bond acceptors (Lipinski definition) is 6. The average Bonchev–Trinajstić information content (AvgIpc) is 2.83. The highest BCUT2D eigenvalue weighted by Gasteiger charge is 2.35. The van der Waals surface area contributed by atoms with E-state index >= 15 is 0 Å². The van der Waals surface area contributed by atoms with Gasteiger partial charge >= 0.3 is 6.09 Å². The number of carbonyl (C=O) groups is 1. The van der Waals surface area contributed by atoms with E-state index in [1.807, 2.05) is 0 Å². The van der Waals surface area contributed by atoms with Gasteiger partial charge in [-0.1, -0.05) is 23.2 Å². The molecule has 0 spiro atoms. The van der Waals surface area contributed by atoms with Crippen molar-refractivity contribution < 1.29 is 26.7 Å². The number of rotatable bonds is 9. The van der Waals surface area contributed by atoms with Crippen LogP contribution in [0.5, 0.6) is 0 Å². The number of anilines is 1. The van der Waals surface area contributed by atoms with Gasteiger partial charge in [0.2, 0.25) is 0 Å². The number of halogens is 4. The Morgan fingerprint density at radius 2 is 1.81 bits per heavy atom. The third-order valence-electron chi connectivity index (χ3n) is 5.22. The SMILES string of the molecule is CCNC(=O)OCCN(C)c1cc(C(c2cc(F)ccc2F)S(=O)(=O)c2ccc(Cl)cc2)c(Cl)cn1. The maximum Gasteiger partial charge on any atom is 0.407 e. The van der Waals surface area contributed by atoms with Crippen LogP contribution in [0.15, 0.2) is 59.6 Å². The molecule has 0 aliphatic rings. The summed E-state index contributed by atoms with van der Waals surface area (Å²) in [5.74, 6) is -1.45. The van der Waals surface area contributed by atoms with Crippen molar-refractivity contribution in [3.05, 3.63) is 87.5 Å². The normalized spacial score (nSPS) is 12.2. The fourth-order valence-corrected chi connectivity index (χ4v) is 5.65. The van der Waals surface area contributed by atoms with Crippen molar-refractivity contribution in [2.75, 3.05) is 31.6 Å². The van der Waals surface area contributed by atoms with Gasteiger partial charge in [0.25, 0.3) is 0 Å². The van der Waals surface area contributed by atoms with E-state index in [9.17, 15) is 22.0 Å². The molecule has 192 valence electrons. The number of carbonyl (C=O) groups excluding carboxylic acids is 1. The number of likely N-dealkylation sites (N-methyl/N-ethyl adjacent to an activating group) is 1. The largest absolute Gasteiger partial charge is 0.448 e. The summed E-state index contributed by atoms with van der Waals surface area (Å²) in [6.45, 7) is 2.40. The number of aromatic nitrogens is 1. The lowest BCUT2D eigenvalue weighted by atomic mass is 10.0. The van der Waals surface area contributed by atoms with Gasteiger partial charge in [-0.25, -0.2) is 27.0 Å². The number of amides is 1. The smallest absolute Gasteiger partial charge is 0.407 e. The summed E-state index contributed by atoms with van der Waals surface area (Å²) in [5.41, 5.74) is -0.413. The second kappa shape index (κ2) is 11.9. The lowest BCUT2D eigenvalue weighted by Crippen LogP contribution is -2.29. The maximum atomic E-state index is 14.9. The Hall–Kier alpha value is -2.95. The fraction of sp³-hybridized carbons (Fsp3) is 0.250. The first-order valence-corrected chi connectivity index (χ1v) is 13.1. The Balaban J connectivity index is 2.07. The number of benzene rings is 2. The summed E-state index contributed by atoms with van der Waals surface area (Å²) in [6, 6.07) is 9.30. The van der Waals surface area contributed by atoms with Gasteiger partial charge in [0.1, 0.15) is 29.3 Å². The van der Waals surface area contributed by atoms with Crippen LogP contribution >= 0.6 is 23.2 Å². The number of nitrogens with one attached hydrogen (secondary N) is 1. The zero-order chi connectivity index (χ0) is 26.5. The van der Waals surface area contributed by atoms with Gasteiger partial charge in [-0.2, -0.15) is 0 Å². The van der Waals surface area contributed by atoms with E-state index in [2.05, 4.69) is 10.3 Å². The van der Waals surface area contributed by atoms with E-state index in [1.165, 1.54) is 36.5 Å². The van der Waals surface area contributed by atoms with Gasteiger partial charge in [-0.3, -0.25) is 0 Å². The minimum absolute atomic E-state index is 0.00221. The average molecular weight is 558 g/mol. The standard InChI is InChI=1S/C24H23Cl2F2N3O4S/c1-3-29-24(32)35-11-10-31(2)22-13-18(20(26)14-30-22)23(19-12-16(27)6-9-21(19)28)36(33,34)17-7-4-15(25)5-8-17/h4-9,12-14,23H,3,10-11H2,1-2H3,(H,29,32).